The lowest BCUT2D eigenvalue weighted by atomic mass is 9.80. The van der Waals surface area contributed by atoms with Crippen LogP contribution in [0.2, 0.25) is 0 Å². The van der Waals surface area contributed by atoms with E-state index in [1.165, 1.54) is 36.4 Å². The zero-order valence-electron chi connectivity index (χ0n) is 11.2. The van der Waals surface area contributed by atoms with E-state index in [9.17, 15) is 4.79 Å². The molecule has 1 saturated carbocycles. The van der Waals surface area contributed by atoms with Gasteiger partial charge in [0.1, 0.15) is 12.1 Å². The van der Waals surface area contributed by atoms with Gasteiger partial charge >= 0.3 is 5.69 Å². The van der Waals surface area contributed by atoms with Gasteiger partial charge in [-0.25, -0.2) is 19.3 Å². The molecule has 0 radical (unpaired) electrons. The quantitative estimate of drug-likeness (QED) is 0.845. The van der Waals surface area contributed by atoms with Crippen molar-refractivity contribution in [2.45, 2.75) is 25.7 Å². The monoisotopic (exact) mass is 295 g/mol. The molecule has 108 valence electrons. The van der Waals surface area contributed by atoms with Crippen LogP contribution in [0, 0.1) is 11.8 Å². The molecular formula is C13H18ClN5O. The Balaban J connectivity index is 1.68. The molecule has 2 unspecified atom stereocenters. The number of alkyl halides is 1. The summed E-state index contributed by atoms with van der Waals surface area (Å²) in [6, 6.07) is 1.77. The van der Waals surface area contributed by atoms with Gasteiger partial charge in [0.25, 0.3) is 0 Å². The number of nitrogens with one attached hydrogen (secondary N) is 2. The molecule has 2 heterocycles. The summed E-state index contributed by atoms with van der Waals surface area (Å²) >= 11 is 6.04. The molecule has 2 aromatic heterocycles. The molecule has 1 aliphatic rings. The molecule has 1 fully saturated rings. The van der Waals surface area contributed by atoms with Crippen molar-refractivity contribution < 1.29 is 0 Å². The Hall–Kier alpha value is -1.56. The highest BCUT2D eigenvalue weighted by atomic mass is 35.5. The van der Waals surface area contributed by atoms with Crippen LogP contribution in [-0.4, -0.2) is 32.0 Å². The summed E-state index contributed by atoms with van der Waals surface area (Å²) < 4.78 is 1.38. The van der Waals surface area contributed by atoms with Gasteiger partial charge in [-0.05, 0) is 24.7 Å². The van der Waals surface area contributed by atoms with E-state index in [-0.39, 0.29) is 5.69 Å². The smallest absolute Gasteiger partial charge is 0.348 e. The van der Waals surface area contributed by atoms with Gasteiger partial charge in [-0.3, -0.25) is 0 Å². The standard InChI is InChI=1S/C13H18ClN5O/c14-6-9-3-1-2-4-10(9)7-15-11-5-12-17-18-13(20)19(12)8-16-11/h5,8-10,15H,1-4,6-7H2,(H,18,20). The summed E-state index contributed by atoms with van der Waals surface area (Å²) in [5.74, 6) is 2.67. The molecule has 2 N–H and O–H groups in total. The second kappa shape index (κ2) is 5.83. The number of aromatic amines is 1. The maximum atomic E-state index is 11.3. The van der Waals surface area contributed by atoms with Crippen LogP contribution in [0.3, 0.4) is 0 Å². The van der Waals surface area contributed by atoms with Gasteiger partial charge in [-0.15, -0.1) is 11.6 Å². The topological polar surface area (TPSA) is 75.1 Å². The fourth-order valence-electron chi connectivity index (χ4n) is 2.90. The normalized spacial score (nSPS) is 23.1. The zero-order chi connectivity index (χ0) is 13.9. The Kier molecular flexibility index (Phi) is 3.91. The maximum absolute atomic E-state index is 11.3. The zero-order valence-corrected chi connectivity index (χ0v) is 11.9. The van der Waals surface area contributed by atoms with Crippen molar-refractivity contribution in [3.63, 3.8) is 0 Å². The Morgan fingerprint density at radius 2 is 2.20 bits per heavy atom. The van der Waals surface area contributed by atoms with Crippen LogP contribution >= 0.6 is 11.6 Å². The van der Waals surface area contributed by atoms with E-state index in [0.717, 1.165) is 18.2 Å². The summed E-state index contributed by atoms with van der Waals surface area (Å²) in [5.41, 5.74) is 0.304. The first-order valence-corrected chi connectivity index (χ1v) is 7.54. The van der Waals surface area contributed by atoms with Crippen molar-refractivity contribution in [1.82, 2.24) is 19.6 Å². The molecular weight excluding hydrogens is 278 g/mol. The van der Waals surface area contributed by atoms with Gasteiger partial charge < -0.3 is 5.32 Å². The average molecular weight is 296 g/mol. The third-order valence-corrected chi connectivity index (χ3v) is 4.52. The molecule has 1 aliphatic carbocycles. The second-order valence-electron chi connectivity index (χ2n) is 5.37. The summed E-state index contributed by atoms with van der Waals surface area (Å²) in [6.45, 7) is 0.870. The van der Waals surface area contributed by atoms with Gasteiger partial charge in [0.2, 0.25) is 0 Å². The van der Waals surface area contributed by atoms with E-state index in [1.807, 2.05) is 0 Å². The highest BCUT2D eigenvalue weighted by molar-refractivity contribution is 6.18. The van der Waals surface area contributed by atoms with Crippen LogP contribution < -0.4 is 11.0 Å². The fraction of sp³-hybridized carbons (Fsp3) is 0.615. The van der Waals surface area contributed by atoms with Crippen LogP contribution in [0.5, 0.6) is 0 Å². The maximum Gasteiger partial charge on any atom is 0.348 e. The molecule has 6 nitrogen and oxygen atoms in total. The molecule has 0 amide bonds. The third-order valence-electron chi connectivity index (χ3n) is 4.12. The average Bonchev–Trinajstić information content (AvgIpc) is 2.86. The van der Waals surface area contributed by atoms with Crippen molar-refractivity contribution in [2.75, 3.05) is 17.7 Å². The summed E-state index contributed by atoms with van der Waals surface area (Å²) in [4.78, 5) is 15.6. The van der Waals surface area contributed by atoms with Gasteiger partial charge in [0.15, 0.2) is 5.65 Å². The van der Waals surface area contributed by atoms with Gasteiger partial charge in [-0.2, -0.15) is 5.10 Å². The molecule has 2 atom stereocenters. The molecule has 20 heavy (non-hydrogen) atoms. The Labute approximate surface area is 121 Å². The number of H-pyrrole nitrogens is 1. The van der Waals surface area contributed by atoms with Crippen molar-refractivity contribution in [1.29, 1.82) is 0 Å². The molecule has 0 bridgehead atoms. The number of hydrogen-bond acceptors (Lipinski definition) is 4. The van der Waals surface area contributed by atoms with E-state index in [2.05, 4.69) is 20.5 Å². The predicted molar refractivity (Wildman–Crippen MR) is 78.3 cm³/mol. The minimum absolute atomic E-state index is 0.270. The van der Waals surface area contributed by atoms with E-state index in [4.69, 9.17) is 11.6 Å². The Morgan fingerprint density at radius 3 is 3.00 bits per heavy atom. The number of hydrogen-bond donors (Lipinski definition) is 2. The van der Waals surface area contributed by atoms with E-state index < -0.39 is 0 Å². The lowest BCUT2D eigenvalue weighted by molar-refractivity contribution is 0.272. The van der Waals surface area contributed by atoms with Gasteiger partial charge in [0, 0.05) is 18.5 Å². The number of halogens is 1. The molecule has 0 saturated heterocycles. The van der Waals surface area contributed by atoms with Crippen LogP contribution in [0.4, 0.5) is 5.82 Å². The summed E-state index contributed by atoms with van der Waals surface area (Å²) in [7, 11) is 0. The van der Waals surface area contributed by atoms with E-state index in [1.54, 1.807) is 6.07 Å². The number of rotatable bonds is 4. The molecule has 0 spiro atoms. The highest BCUT2D eigenvalue weighted by Crippen LogP contribution is 2.30. The first-order valence-electron chi connectivity index (χ1n) is 7.00. The summed E-state index contributed by atoms with van der Waals surface area (Å²) in [6.07, 6.45) is 6.49. The van der Waals surface area contributed by atoms with E-state index in [0.29, 0.717) is 17.5 Å². The number of fused-ring (bicyclic) bond motifs is 1. The minimum atomic E-state index is -0.270. The first kappa shape index (κ1) is 13.4. The molecule has 3 rings (SSSR count). The Morgan fingerprint density at radius 1 is 1.40 bits per heavy atom. The predicted octanol–water partition coefficient (Wildman–Crippen LogP) is 1.87. The molecule has 7 heteroatoms. The van der Waals surface area contributed by atoms with E-state index >= 15 is 0 Å². The van der Waals surface area contributed by atoms with Crippen molar-refractivity contribution in [3.8, 4) is 0 Å². The molecule has 0 aliphatic heterocycles. The third kappa shape index (κ3) is 2.65. The highest BCUT2D eigenvalue weighted by Gasteiger charge is 2.24. The lowest BCUT2D eigenvalue weighted by Gasteiger charge is -2.30. The SMILES string of the molecule is O=c1[nH]nc2cc(NCC3CCCCC3CCl)ncn12. The van der Waals surface area contributed by atoms with Crippen molar-refractivity contribution >= 4 is 23.1 Å². The number of nitrogens with zero attached hydrogens (tertiary/aromatic N) is 3. The van der Waals surface area contributed by atoms with Crippen LogP contribution in [0.15, 0.2) is 17.2 Å². The van der Waals surface area contributed by atoms with Gasteiger partial charge in [-0.1, -0.05) is 12.8 Å². The fourth-order valence-corrected chi connectivity index (χ4v) is 3.30. The number of aromatic nitrogens is 4. The van der Waals surface area contributed by atoms with Crippen LogP contribution in [0.25, 0.3) is 5.65 Å². The van der Waals surface area contributed by atoms with Crippen molar-refractivity contribution in [3.05, 3.63) is 22.9 Å². The summed E-state index contributed by atoms with van der Waals surface area (Å²) in [5, 5.41) is 9.67. The number of anilines is 1. The van der Waals surface area contributed by atoms with Crippen LogP contribution in [0.1, 0.15) is 25.7 Å². The molecule has 0 aromatic carbocycles. The Bertz CT molecular complexity index is 637. The first-order chi connectivity index (χ1) is 9.78. The van der Waals surface area contributed by atoms with Gasteiger partial charge in [0.05, 0.1) is 0 Å². The van der Waals surface area contributed by atoms with Crippen LogP contribution in [-0.2, 0) is 0 Å². The lowest BCUT2D eigenvalue weighted by Crippen LogP contribution is -2.27. The van der Waals surface area contributed by atoms with Crippen molar-refractivity contribution in [2.24, 2.45) is 11.8 Å². The minimum Gasteiger partial charge on any atom is -0.370 e. The second-order valence-corrected chi connectivity index (χ2v) is 5.68. The largest absolute Gasteiger partial charge is 0.370 e. The molecule has 2 aromatic rings.